The lowest BCUT2D eigenvalue weighted by Crippen LogP contribution is -2.60. The molecule has 2 saturated heterocycles. The highest BCUT2D eigenvalue weighted by molar-refractivity contribution is 5.78. The van der Waals surface area contributed by atoms with Gasteiger partial charge >= 0.3 is 0 Å². The average Bonchev–Trinajstić information content (AvgIpc) is 3.22. The molecule has 5 nitrogen and oxygen atoms in total. The summed E-state index contributed by atoms with van der Waals surface area (Å²) in [5.74, 6) is 0.182. The molecule has 1 aliphatic carbocycles. The SMILES string of the molecule is O=C(CN1CCCC1c1ccccc1)NCC1(N2CCOCC2)CCCCC1. The molecule has 5 heteroatoms. The minimum Gasteiger partial charge on any atom is -0.379 e. The third kappa shape index (κ3) is 4.58. The van der Waals surface area contributed by atoms with Crippen LogP contribution in [0.25, 0.3) is 0 Å². The summed E-state index contributed by atoms with van der Waals surface area (Å²) < 4.78 is 5.57. The molecule has 1 aromatic carbocycles. The number of ether oxygens (including phenoxy) is 1. The monoisotopic (exact) mass is 385 g/mol. The van der Waals surface area contributed by atoms with Crippen LogP contribution in [-0.4, -0.2) is 67.2 Å². The van der Waals surface area contributed by atoms with E-state index in [0.29, 0.717) is 12.6 Å². The molecule has 1 aromatic rings. The van der Waals surface area contributed by atoms with Crippen molar-refractivity contribution < 1.29 is 9.53 Å². The first-order valence-corrected chi connectivity index (χ1v) is 11.2. The zero-order valence-electron chi connectivity index (χ0n) is 17.1. The number of likely N-dealkylation sites (tertiary alicyclic amines) is 1. The van der Waals surface area contributed by atoms with Crippen molar-refractivity contribution in [3.05, 3.63) is 35.9 Å². The van der Waals surface area contributed by atoms with Gasteiger partial charge in [0.15, 0.2) is 0 Å². The number of amides is 1. The second-order valence-corrected chi connectivity index (χ2v) is 8.70. The van der Waals surface area contributed by atoms with Crippen molar-refractivity contribution in [2.75, 3.05) is 45.9 Å². The molecule has 2 aliphatic heterocycles. The summed E-state index contributed by atoms with van der Waals surface area (Å²) in [6, 6.07) is 11.0. The van der Waals surface area contributed by atoms with E-state index >= 15 is 0 Å². The smallest absolute Gasteiger partial charge is 0.234 e. The Bertz CT molecular complexity index is 624. The molecule has 1 unspecified atom stereocenters. The van der Waals surface area contributed by atoms with Gasteiger partial charge in [0.2, 0.25) is 5.91 Å². The minimum absolute atomic E-state index is 0.140. The number of nitrogens with zero attached hydrogens (tertiary/aromatic N) is 2. The molecular weight excluding hydrogens is 350 g/mol. The molecule has 0 bridgehead atoms. The highest BCUT2D eigenvalue weighted by Gasteiger charge is 2.39. The molecule has 1 saturated carbocycles. The molecule has 1 atom stereocenters. The van der Waals surface area contributed by atoms with Crippen LogP contribution >= 0.6 is 0 Å². The van der Waals surface area contributed by atoms with Gasteiger partial charge in [-0.3, -0.25) is 14.6 Å². The number of morpholine rings is 1. The molecule has 1 N–H and O–H groups in total. The number of hydrogen-bond acceptors (Lipinski definition) is 4. The Hall–Kier alpha value is -1.43. The lowest BCUT2D eigenvalue weighted by molar-refractivity contribution is -0.123. The quantitative estimate of drug-likeness (QED) is 0.818. The number of carbonyl (C=O) groups is 1. The Balaban J connectivity index is 1.34. The molecule has 3 aliphatic rings. The Morgan fingerprint density at radius 1 is 1.04 bits per heavy atom. The second-order valence-electron chi connectivity index (χ2n) is 8.70. The molecule has 4 rings (SSSR count). The van der Waals surface area contributed by atoms with E-state index in [2.05, 4.69) is 45.4 Å². The number of rotatable bonds is 6. The lowest BCUT2D eigenvalue weighted by Gasteiger charge is -2.48. The summed E-state index contributed by atoms with van der Waals surface area (Å²) in [4.78, 5) is 17.8. The fraction of sp³-hybridized carbons (Fsp3) is 0.696. The summed E-state index contributed by atoms with van der Waals surface area (Å²) in [5.41, 5.74) is 1.48. The summed E-state index contributed by atoms with van der Waals surface area (Å²) in [7, 11) is 0. The average molecular weight is 386 g/mol. The first-order valence-electron chi connectivity index (χ1n) is 11.2. The van der Waals surface area contributed by atoms with E-state index in [4.69, 9.17) is 4.74 Å². The number of carbonyl (C=O) groups excluding carboxylic acids is 1. The van der Waals surface area contributed by atoms with Crippen molar-refractivity contribution in [1.29, 1.82) is 0 Å². The van der Waals surface area contributed by atoms with E-state index < -0.39 is 0 Å². The fourth-order valence-electron chi connectivity index (χ4n) is 5.42. The first kappa shape index (κ1) is 19.9. The van der Waals surface area contributed by atoms with Crippen LogP contribution in [0.3, 0.4) is 0 Å². The van der Waals surface area contributed by atoms with Crippen LogP contribution in [0.2, 0.25) is 0 Å². The molecule has 3 fully saturated rings. The Kier molecular flexibility index (Phi) is 6.65. The molecule has 0 aromatic heterocycles. The van der Waals surface area contributed by atoms with E-state index in [1.165, 1.54) is 44.1 Å². The molecule has 2 heterocycles. The number of nitrogens with one attached hydrogen (secondary N) is 1. The molecule has 0 radical (unpaired) electrons. The summed E-state index contributed by atoms with van der Waals surface area (Å²) in [5, 5.41) is 3.33. The van der Waals surface area contributed by atoms with Gasteiger partial charge in [-0.05, 0) is 37.8 Å². The zero-order valence-corrected chi connectivity index (χ0v) is 17.1. The van der Waals surface area contributed by atoms with Crippen molar-refractivity contribution >= 4 is 5.91 Å². The van der Waals surface area contributed by atoms with E-state index in [0.717, 1.165) is 45.8 Å². The van der Waals surface area contributed by atoms with Gasteiger partial charge in [-0.2, -0.15) is 0 Å². The second kappa shape index (κ2) is 9.38. The van der Waals surface area contributed by atoms with E-state index in [-0.39, 0.29) is 11.4 Å². The van der Waals surface area contributed by atoms with Crippen molar-refractivity contribution in [3.8, 4) is 0 Å². The summed E-state index contributed by atoms with van der Waals surface area (Å²) in [6.45, 7) is 5.95. The van der Waals surface area contributed by atoms with Crippen LogP contribution in [0.5, 0.6) is 0 Å². The third-order valence-corrected chi connectivity index (χ3v) is 6.98. The maximum Gasteiger partial charge on any atom is 0.234 e. The molecule has 154 valence electrons. The number of hydrogen-bond donors (Lipinski definition) is 1. The molecule has 1 amide bonds. The van der Waals surface area contributed by atoms with E-state index in [1.54, 1.807) is 0 Å². The maximum absolute atomic E-state index is 12.8. The van der Waals surface area contributed by atoms with E-state index in [9.17, 15) is 4.79 Å². The van der Waals surface area contributed by atoms with Gasteiger partial charge in [-0.1, -0.05) is 49.6 Å². The largest absolute Gasteiger partial charge is 0.379 e. The highest BCUT2D eigenvalue weighted by Crippen LogP contribution is 2.34. The van der Waals surface area contributed by atoms with Gasteiger partial charge in [-0.15, -0.1) is 0 Å². The van der Waals surface area contributed by atoms with Gasteiger partial charge in [-0.25, -0.2) is 0 Å². The maximum atomic E-state index is 12.8. The Labute approximate surface area is 169 Å². The van der Waals surface area contributed by atoms with Crippen LogP contribution in [0, 0.1) is 0 Å². The summed E-state index contributed by atoms with van der Waals surface area (Å²) in [6.07, 6.45) is 8.59. The molecular formula is C23H35N3O2. The zero-order chi connectivity index (χ0) is 19.2. The van der Waals surface area contributed by atoms with Gasteiger partial charge in [0.25, 0.3) is 0 Å². The van der Waals surface area contributed by atoms with Crippen LogP contribution in [-0.2, 0) is 9.53 Å². The van der Waals surface area contributed by atoms with Crippen LogP contribution in [0.15, 0.2) is 30.3 Å². The fourth-order valence-corrected chi connectivity index (χ4v) is 5.42. The normalized spacial score (nSPS) is 26.2. The van der Waals surface area contributed by atoms with Crippen LogP contribution < -0.4 is 5.32 Å². The van der Waals surface area contributed by atoms with Gasteiger partial charge in [0.05, 0.1) is 19.8 Å². The summed E-state index contributed by atoms with van der Waals surface area (Å²) >= 11 is 0. The standard InChI is InChI=1S/C23H35N3O2/c27-22(18-25-13-7-10-21(25)20-8-3-1-4-9-20)24-19-23(11-5-2-6-12-23)26-14-16-28-17-15-26/h1,3-4,8-9,21H,2,5-7,10-19H2,(H,24,27). The van der Waals surface area contributed by atoms with Crippen molar-refractivity contribution in [1.82, 2.24) is 15.1 Å². The highest BCUT2D eigenvalue weighted by atomic mass is 16.5. The predicted octanol–water partition coefficient (Wildman–Crippen LogP) is 2.97. The minimum atomic E-state index is 0.140. The van der Waals surface area contributed by atoms with Crippen LogP contribution in [0.4, 0.5) is 0 Å². The Morgan fingerprint density at radius 3 is 2.54 bits per heavy atom. The van der Waals surface area contributed by atoms with E-state index in [1.807, 2.05) is 0 Å². The number of benzene rings is 1. The van der Waals surface area contributed by atoms with Gasteiger partial charge < -0.3 is 10.1 Å². The Morgan fingerprint density at radius 2 is 1.79 bits per heavy atom. The first-order chi connectivity index (χ1) is 13.8. The lowest BCUT2D eigenvalue weighted by atomic mass is 9.79. The van der Waals surface area contributed by atoms with Crippen LogP contribution in [0.1, 0.15) is 56.6 Å². The predicted molar refractivity (Wildman–Crippen MR) is 111 cm³/mol. The molecule has 28 heavy (non-hydrogen) atoms. The molecule has 0 spiro atoms. The topological polar surface area (TPSA) is 44.8 Å². The van der Waals surface area contributed by atoms with Gasteiger partial charge in [0, 0.05) is 31.2 Å². The van der Waals surface area contributed by atoms with Crippen molar-refractivity contribution in [3.63, 3.8) is 0 Å². The third-order valence-electron chi connectivity index (χ3n) is 6.98. The van der Waals surface area contributed by atoms with Gasteiger partial charge in [0.1, 0.15) is 0 Å². The van der Waals surface area contributed by atoms with Crippen molar-refractivity contribution in [2.45, 2.75) is 56.5 Å². The van der Waals surface area contributed by atoms with Crippen molar-refractivity contribution in [2.24, 2.45) is 0 Å².